The number of rotatable bonds is 5. The molecule has 3 aromatic heterocycles. The Morgan fingerprint density at radius 1 is 1.04 bits per heavy atom. The summed E-state index contributed by atoms with van der Waals surface area (Å²) in [5, 5.41) is 15.7. The van der Waals surface area contributed by atoms with Crippen LogP contribution in [0.5, 0.6) is 0 Å². The average molecular weight is 397 g/mol. The van der Waals surface area contributed by atoms with Crippen LogP contribution in [0, 0.1) is 0 Å². The van der Waals surface area contributed by atoms with Gasteiger partial charge in [0, 0.05) is 10.8 Å². The van der Waals surface area contributed by atoms with Gasteiger partial charge in [-0.3, -0.25) is 4.90 Å². The van der Waals surface area contributed by atoms with Gasteiger partial charge in [-0.2, -0.15) is 0 Å². The molecule has 0 radical (unpaired) electrons. The summed E-state index contributed by atoms with van der Waals surface area (Å²) in [7, 11) is 0. The molecule has 0 spiro atoms. The van der Waals surface area contributed by atoms with Crippen LogP contribution in [-0.2, 0) is 13.1 Å². The van der Waals surface area contributed by atoms with Crippen molar-refractivity contribution >= 4 is 32.9 Å². The minimum absolute atomic E-state index is 0.570. The van der Waals surface area contributed by atoms with E-state index in [9.17, 15) is 0 Å². The van der Waals surface area contributed by atoms with E-state index < -0.39 is 0 Å². The summed E-state index contributed by atoms with van der Waals surface area (Å²) in [6.45, 7) is 3.69. The number of piperidine rings is 1. The van der Waals surface area contributed by atoms with E-state index in [-0.39, 0.29) is 0 Å². The van der Waals surface area contributed by atoms with E-state index in [1.807, 2.05) is 16.0 Å². The molecule has 0 atom stereocenters. The van der Waals surface area contributed by atoms with Crippen molar-refractivity contribution < 1.29 is 0 Å². The first kappa shape index (κ1) is 17.0. The van der Waals surface area contributed by atoms with Crippen molar-refractivity contribution in [3.8, 4) is 0 Å². The summed E-state index contributed by atoms with van der Waals surface area (Å²) in [5.41, 5.74) is 1.13. The van der Waals surface area contributed by atoms with Gasteiger partial charge in [0.15, 0.2) is 5.82 Å². The standard InChI is InChI=1S/C19H20N6S2/c1-2-6-17-16(5-1)20-19(27-17)14-7-9-24(10-8-14)13-18-21-22-23-25(18)12-15-4-3-11-26-15/h1-6,11,14H,7-10,12-13H2. The molecule has 1 fully saturated rings. The van der Waals surface area contributed by atoms with Crippen LogP contribution in [0.1, 0.15) is 34.5 Å². The molecular formula is C19H20N6S2. The van der Waals surface area contributed by atoms with E-state index in [1.54, 1.807) is 11.3 Å². The van der Waals surface area contributed by atoms with E-state index in [1.165, 1.54) is 14.6 Å². The molecular weight excluding hydrogens is 376 g/mol. The zero-order chi connectivity index (χ0) is 18.1. The van der Waals surface area contributed by atoms with Crippen molar-refractivity contribution in [3.05, 3.63) is 57.5 Å². The molecule has 138 valence electrons. The number of likely N-dealkylation sites (tertiary alicyclic amines) is 1. The molecule has 5 rings (SSSR count). The van der Waals surface area contributed by atoms with Gasteiger partial charge in [-0.15, -0.1) is 27.8 Å². The van der Waals surface area contributed by atoms with Crippen LogP contribution in [-0.4, -0.2) is 43.2 Å². The normalized spacial score (nSPS) is 16.3. The van der Waals surface area contributed by atoms with Gasteiger partial charge in [0.2, 0.25) is 0 Å². The Balaban J connectivity index is 1.22. The van der Waals surface area contributed by atoms with Crippen molar-refractivity contribution in [2.24, 2.45) is 0 Å². The van der Waals surface area contributed by atoms with E-state index in [4.69, 9.17) is 4.98 Å². The number of thiazole rings is 1. The first-order valence-corrected chi connectivity index (χ1v) is 10.9. The summed E-state index contributed by atoms with van der Waals surface area (Å²) in [5.74, 6) is 1.52. The lowest BCUT2D eigenvalue weighted by molar-refractivity contribution is 0.197. The minimum atomic E-state index is 0.570. The lowest BCUT2D eigenvalue weighted by Gasteiger charge is -2.30. The lowest BCUT2D eigenvalue weighted by atomic mass is 9.97. The number of hydrogen-bond donors (Lipinski definition) is 0. The summed E-state index contributed by atoms with van der Waals surface area (Å²) >= 11 is 3.59. The minimum Gasteiger partial charge on any atom is -0.296 e. The van der Waals surface area contributed by atoms with E-state index in [0.29, 0.717) is 5.92 Å². The topological polar surface area (TPSA) is 59.7 Å². The molecule has 0 N–H and O–H groups in total. The number of tetrazole rings is 1. The third kappa shape index (κ3) is 3.65. The molecule has 4 aromatic rings. The maximum absolute atomic E-state index is 4.86. The van der Waals surface area contributed by atoms with Gasteiger partial charge in [0.1, 0.15) is 0 Å². The number of nitrogens with zero attached hydrogens (tertiary/aromatic N) is 6. The Kier molecular flexibility index (Phi) is 4.69. The molecule has 27 heavy (non-hydrogen) atoms. The first-order chi connectivity index (χ1) is 13.3. The van der Waals surface area contributed by atoms with Gasteiger partial charge in [0.25, 0.3) is 0 Å². The van der Waals surface area contributed by atoms with Gasteiger partial charge in [-0.05, 0) is 59.9 Å². The van der Waals surface area contributed by atoms with Gasteiger partial charge >= 0.3 is 0 Å². The van der Waals surface area contributed by atoms with Crippen LogP contribution in [0.4, 0.5) is 0 Å². The monoisotopic (exact) mass is 396 g/mol. The molecule has 0 aliphatic carbocycles. The summed E-state index contributed by atoms with van der Waals surface area (Å²) in [6, 6.07) is 12.6. The quantitative estimate of drug-likeness (QED) is 0.514. The largest absolute Gasteiger partial charge is 0.296 e. The number of aromatic nitrogens is 5. The van der Waals surface area contributed by atoms with Crippen molar-refractivity contribution in [2.75, 3.05) is 13.1 Å². The van der Waals surface area contributed by atoms with Gasteiger partial charge in [-0.1, -0.05) is 18.2 Å². The molecule has 6 nitrogen and oxygen atoms in total. The maximum atomic E-state index is 4.86. The third-order valence-electron chi connectivity index (χ3n) is 5.10. The summed E-state index contributed by atoms with van der Waals surface area (Å²) in [6.07, 6.45) is 2.29. The second-order valence-corrected chi connectivity index (χ2v) is 9.00. The highest BCUT2D eigenvalue weighted by atomic mass is 32.1. The van der Waals surface area contributed by atoms with E-state index in [2.05, 4.69) is 62.2 Å². The average Bonchev–Trinajstić information content (AvgIpc) is 3.44. The SMILES string of the molecule is c1csc(Cn2nnnc2CN2CCC(c3nc4ccccc4s3)CC2)c1. The van der Waals surface area contributed by atoms with Gasteiger partial charge in [0.05, 0.1) is 28.3 Å². The van der Waals surface area contributed by atoms with Crippen molar-refractivity contribution in [2.45, 2.75) is 31.8 Å². The summed E-state index contributed by atoms with van der Waals surface area (Å²) in [4.78, 5) is 8.59. The number of fused-ring (bicyclic) bond motifs is 1. The van der Waals surface area contributed by atoms with Crippen LogP contribution in [0.15, 0.2) is 41.8 Å². The molecule has 4 heterocycles. The smallest absolute Gasteiger partial charge is 0.165 e. The first-order valence-electron chi connectivity index (χ1n) is 9.20. The van der Waals surface area contributed by atoms with Gasteiger partial charge < -0.3 is 0 Å². The fraction of sp³-hybridized carbons (Fsp3) is 0.368. The molecule has 0 saturated carbocycles. The van der Waals surface area contributed by atoms with Crippen molar-refractivity contribution in [1.29, 1.82) is 0 Å². The highest BCUT2D eigenvalue weighted by Crippen LogP contribution is 2.34. The predicted molar refractivity (Wildman–Crippen MR) is 108 cm³/mol. The Morgan fingerprint density at radius 3 is 2.74 bits per heavy atom. The van der Waals surface area contributed by atoms with Crippen LogP contribution >= 0.6 is 22.7 Å². The molecule has 1 aliphatic rings. The fourth-order valence-corrected chi connectivity index (χ4v) is 5.43. The molecule has 1 aromatic carbocycles. The Hall–Kier alpha value is -2.16. The fourth-order valence-electron chi connectivity index (χ4n) is 3.61. The third-order valence-corrected chi connectivity index (χ3v) is 7.16. The highest BCUT2D eigenvalue weighted by Gasteiger charge is 2.24. The zero-order valence-corrected chi connectivity index (χ0v) is 16.5. The number of benzene rings is 1. The molecule has 0 unspecified atom stereocenters. The van der Waals surface area contributed by atoms with Crippen molar-refractivity contribution in [1.82, 2.24) is 30.1 Å². The van der Waals surface area contributed by atoms with Gasteiger partial charge in [-0.25, -0.2) is 9.67 Å². The van der Waals surface area contributed by atoms with E-state index >= 15 is 0 Å². The molecule has 0 amide bonds. The maximum Gasteiger partial charge on any atom is 0.165 e. The number of thiophene rings is 1. The molecule has 1 aliphatic heterocycles. The molecule has 0 bridgehead atoms. The highest BCUT2D eigenvalue weighted by molar-refractivity contribution is 7.18. The Bertz CT molecular complexity index is 981. The number of para-hydroxylation sites is 1. The second-order valence-electron chi connectivity index (χ2n) is 6.90. The summed E-state index contributed by atoms with van der Waals surface area (Å²) < 4.78 is 3.22. The zero-order valence-electron chi connectivity index (χ0n) is 14.9. The van der Waals surface area contributed by atoms with E-state index in [0.717, 1.165) is 50.4 Å². The van der Waals surface area contributed by atoms with Crippen molar-refractivity contribution in [3.63, 3.8) is 0 Å². The van der Waals surface area contributed by atoms with Crippen LogP contribution in [0.3, 0.4) is 0 Å². The number of hydrogen-bond acceptors (Lipinski definition) is 7. The lowest BCUT2D eigenvalue weighted by Crippen LogP contribution is -2.33. The van der Waals surface area contributed by atoms with Crippen LogP contribution in [0.25, 0.3) is 10.2 Å². The Labute approximate surface area is 165 Å². The van der Waals surface area contributed by atoms with Crippen LogP contribution in [0.2, 0.25) is 0 Å². The second kappa shape index (κ2) is 7.46. The Morgan fingerprint density at radius 2 is 1.93 bits per heavy atom. The molecule has 8 heteroatoms. The van der Waals surface area contributed by atoms with Crippen LogP contribution < -0.4 is 0 Å². The predicted octanol–water partition coefficient (Wildman–Crippen LogP) is 3.77. The molecule has 1 saturated heterocycles.